The van der Waals surface area contributed by atoms with Crippen LogP contribution in [0.5, 0.6) is 23.0 Å². The third-order valence-electron chi connectivity index (χ3n) is 5.92. The van der Waals surface area contributed by atoms with Crippen molar-refractivity contribution in [3.8, 4) is 23.0 Å². The maximum Gasteiger partial charge on any atom is 0.265 e. The maximum atomic E-state index is 12.8. The van der Waals surface area contributed by atoms with Crippen molar-refractivity contribution in [1.29, 1.82) is 0 Å². The summed E-state index contributed by atoms with van der Waals surface area (Å²) in [4.78, 5) is 27.1. The molecule has 180 valence electrons. The van der Waals surface area contributed by atoms with E-state index in [9.17, 15) is 9.59 Å². The number of carbonyl (C=O) groups is 2. The summed E-state index contributed by atoms with van der Waals surface area (Å²) in [5.41, 5.74) is 2.88. The predicted octanol–water partition coefficient (Wildman–Crippen LogP) is 4.42. The first-order valence-corrected chi connectivity index (χ1v) is 11.6. The number of hydrogen-bond acceptors (Lipinski definition) is 6. The van der Waals surface area contributed by atoms with E-state index in [1.165, 1.54) is 5.56 Å². The lowest BCUT2D eigenvalue weighted by Gasteiger charge is -2.30. The van der Waals surface area contributed by atoms with Crippen LogP contribution in [0.25, 0.3) is 0 Å². The molecule has 2 amide bonds. The molecule has 0 unspecified atom stereocenters. The summed E-state index contributed by atoms with van der Waals surface area (Å²) in [6.45, 7) is 3.19. The van der Waals surface area contributed by atoms with Crippen LogP contribution in [-0.2, 0) is 11.2 Å². The number of aryl methyl sites for hydroxylation is 1. The van der Waals surface area contributed by atoms with Crippen LogP contribution in [0.2, 0.25) is 0 Å². The van der Waals surface area contributed by atoms with Crippen LogP contribution in [0.15, 0.2) is 60.7 Å². The van der Waals surface area contributed by atoms with Crippen molar-refractivity contribution in [2.45, 2.75) is 19.8 Å². The van der Waals surface area contributed by atoms with Crippen molar-refractivity contribution >= 4 is 23.2 Å². The summed E-state index contributed by atoms with van der Waals surface area (Å²) < 4.78 is 22.1. The van der Waals surface area contributed by atoms with Gasteiger partial charge in [-0.1, -0.05) is 19.1 Å². The van der Waals surface area contributed by atoms with E-state index in [1.54, 1.807) is 41.3 Å². The van der Waals surface area contributed by atoms with Gasteiger partial charge in [0.25, 0.3) is 11.8 Å². The minimum absolute atomic E-state index is 0.0186. The first-order valence-electron chi connectivity index (χ1n) is 11.6. The molecular weight excluding hydrogens is 448 g/mol. The molecule has 2 aliphatic rings. The Kier molecular flexibility index (Phi) is 6.43. The largest absolute Gasteiger partial charge is 0.494 e. The van der Waals surface area contributed by atoms with Gasteiger partial charge in [0.15, 0.2) is 18.1 Å². The average Bonchev–Trinajstić information content (AvgIpc) is 3.36. The second-order valence-corrected chi connectivity index (χ2v) is 8.24. The highest BCUT2D eigenvalue weighted by atomic mass is 16.7. The highest BCUT2D eigenvalue weighted by Crippen LogP contribution is 2.36. The fourth-order valence-electron chi connectivity index (χ4n) is 4.00. The molecule has 2 heterocycles. The van der Waals surface area contributed by atoms with E-state index in [0.29, 0.717) is 53.8 Å². The summed E-state index contributed by atoms with van der Waals surface area (Å²) in [5.74, 6) is 2.14. The Morgan fingerprint density at radius 2 is 1.77 bits per heavy atom. The molecule has 0 atom stereocenters. The van der Waals surface area contributed by atoms with Gasteiger partial charge in [0.05, 0.1) is 12.3 Å². The fourth-order valence-corrected chi connectivity index (χ4v) is 4.00. The molecule has 0 aliphatic carbocycles. The number of ether oxygens (including phenoxy) is 4. The van der Waals surface area contributed by atoms with E-state index in [1.807, 2.05) is 12.1 Å². The van der Waals surface area contributed by atoms with Crippen LogP contribution in [0.1, 0.15) is 29.3 Å². The second-order valence-electron chi connectivity index (χ2n) is 8.24. The van der Waals surface area contributed by atoms with Gasteiger partial charge in [-0.2, -0.15) is 0 Å². The molecule has 35 heavy (non-hydrogen) atoms. The van der Waals surface area contributed by atoms with Crippen molar-refractivity contribution in [1.82, 2.24) is 0 Å². The summed E-state index contributed by atoms with van der Waals surface area (Å²) >= 11 is 0. The van der Waals surface area contributed by atoms with E-state index >= 15 is 0 Å². The summed E-state index contributed by atoms with van der Waals surface area (Å²) in [5, 5.41) is 2.88. The zero-order chi connectivity index (χ0) is 24.2. The van der Waals surface area contributed by atoms with E-state index in [0.717, 1.165) is 12.2 Å². The van der Waals surface area contributed by atoms with E-state index in [4.69, 9.17) is 18.9 Å². The van der Waals surface area contributed by atoms with Crippen molar-refractivity contribution < 1.29 is 28.5 Å². The Balaban J connectivity index is 1.23. The summed E-state index contributed by atoms with van der Waals surface area (Å²) in [6.07, 6.45) is 1.63. The zero-order valence-corrected chi connectivity index (χ0v) is 19.4. The van der Waals surface area contributed by atoms with E-state index in [2.05, 4.69) is 24.4 Å². The van der Waals surface area contributed by atoms with Gasteiger partial charge in [0.2, 0.25) is 6.79 Å². The van der Waals surface area contributed by atoms with Crippen LogP contribution >= 0.6 is 0 Å². The standard InChI is InChI=1S/C27H26N2O6/c1-2-18-4-8-21(9-5-18)32-13-3-12-29-22-15-20(7-11-23(22)33-16-26(29)30)28-27(31)19-6-10-24-25(14-19)35-17-34-24/h4-11,14-15H,2-3,12-13,16-17H2,1H3,(H,28,31). The number of rotatable bonds is 8. The second kappa shape index (κ2) is 9.97. The van der Waals surface area contributed by atoms with Gasteiger partial charge in [-0.15, -0.1) is 0 Å². The number of nitrogens with zero attached hydrogens (tertiary/aromatic N) is 1. The molecule has 5 rings (SSSR count). The van der Waals surface area contributed by atoms with Gasteiger partial charge in [-0.25, -0.2) is 0 Å². The number of anilines is 2. The van der Waals surface area contributed by atoms with Crippen molar-refractivity contribution in [2.75, 3.05) is 36.8 Å². The molecule has 0 saturated carbocycles. The quantitative estimate of drug-likeness (QED) is 0.487. The number of amides is 2. The maximum absolute atomic E-state index is 12.8. The van der Waals surface area contributed by atoms with Crippen LogP contribution in [-0.4, -0.2) is 38.4 Å². The number of fused-ring (bicyclic) bond motifs is 2. The lowest BCUT2D eigenvalue weighted by molar-refractivity contribution is -0.121. The van der Waals surface area contributed by atoms with Crippen molar-refractivity contribution in [3.05, 3.63) is 71.8 Å². The van der Waals surface area contributed by atoms with Crippen LogP contribution < -0.4 is 29.2 Å². The normalized spacial score (nSPS) is 13.7. The molecule has 0 spiro atoms. The third kappa shape index (κ3) is 5.01. The first-order chi connectivity index (χ1) is 17.1. The highest BCUT2D eigenvalue weighted by Gasteiger charge is 2.26. The smallest absolute Gasteiger partial charge is 0.265 e. The Hall–Kier alpha value is -4.20. The lowest BCUT2D eigenvalue weighted by atomic mass is 10.1. The summed E-state index contributed by atoms with van der Waals surface area (Å²) in [7, 11) is 0. The molecule has 3 aromatic carbocycles. The molecule has 1 N–H and O–H groups in total. The monoisotopic (exact) mass is 474 g/mol. The predicted molar refractivity (Wildman–Crippen MR) is 131 cm³/mol. The molecule has 3 aromatic rings. The number of nitrogens with one attached hydrogen (secondary N) is 1. The molecule has 8 heteroatoms. The van der Waals surface area contributed by atoms with Gasteiger partial charge >= 0.3 is 0 Å². The fraction of sp³-hybridized carbons (Fsp3) is 0.259. The molecule has 0 bridgehead atoms. The molecule has 0 radical (unpaired) electrons. The van der Waals surface area contributed by atoms with Gasteiger partial charge in [-0.05, 0) is 66.9 Å². The molecule has 8 nitrogen and oxygen atoms in total. The van der Waals surface area contributed by atoms with Gasteiger partial charge < -0.3 is 29.2 Å². The highest BCUT2D eigenvalue weighted by molar-refractivity contribution is 6.05. The molecule has 0 fully saturated rings. The average molecular weight is 475 g/mol. The van der Waals surface area contributed by atoms with Crippen molar-refractivity contribution in [3.63, 3.8) is 0 Å². The lowest BCUT2D eigenvalue weighted by Crippen LogP contribution is -2.39. The molecular formula is C27H26N2O6. The van der Waals surface area contributed by atoms with Gasteiger partial charge in [-0.3, -0.25) is 9.59 Å². The number of hydrogen-bond donors (Lipinski definition) is 1. The van der Waals surface area contributed by atoms with Crippen molar-refractivity contribution in [2.24, 2.45) is 0 Å². The first kappa shape index (κ1) is 22.6. The minimum atomic E-state index is -0.291. The van der Waals surface area contributed by atoms with Gasteiger partial charge in [0, 0.05) is 17.8 Å². The zero-order valence-electron chi connectivity index (χ0n) is 19.4. The summed E-state index contributed by atoms with van der Waals surface area (Å²) in [6, 6.07) is 18.3. The Bertz CT molecular complexity index is 1240. The minimum Gasteiger partial charge on any atom is -0.494 e. The third-order valence-corrected chi connectivity index (χ3v) is 5.92. The van der Waals surface area contributed by atoms with E-state index in [-0.39, 0.29) is 25.2 Å². The Labute approximate surface area is 203 Å². The number of carbonyl (C=O) groups excluding carboxylic acids is 2. The molecule has 2 aliphatic heterocycles. The molecule has 0 saturated heterocycles. The Morgan fingerprint density at radius 3 is 2.60 bits per heavy atom. The van der Waals surface area contributed by atoms with Crippen LogP contribution in [0, 0.1) is 0 Å². The molecule has 0 aromatic heterocycles. The SMILES string of the molecule is CCc1ccc(OCCCN2C(=O)COc3ccc(NC(=O)c4ccc5c(c4)OCO5)cc32)cc1. The van der Waals surface area contributed by atoms with Crippen LogP contribution in [0.4, 0.5) is 11.4 Å². The van der Waals surface area contributed by atoms with Crippen LogP contribution in [0.3, 0.4) is 0 Å². The van der Waals surface area contributed by atoms with E-state index < -0.39 is 0 Å². The number of benzene rings is 3. The topological polar surface area (TPSA) is 86.3 Å². The van der Waals surface area contributed by atoms with Gasteiger partial charge in [0.1, 0.15) is 11.5 Å². The Morgan fingerprint density at radius 1 is 0.971 bits per heavy atom.